The van der Waals surface area contributed by atoms with Crippen molar-refractivity contribution in [2.24, 2.45) is 4.99 Å². The molecule has 2 rings (SSSR count). The van der Waals surface area contributed by atoms with Gasteiger partial charge in [-0.3, -0.25) is 0 Å². The van der Waals surface area contributed by atoms with Crippen LogP contribution in [0, 0.1) is 0 Å². The Kier molecular flexibility index (Phi) is 1.29. The van der Waals surface area contributed by atoms with Crippen LogP contribution in [0.1, 0.15) is 4.88 Å². The number of rotatable bonds is 1. The number of hydrogen-bond acceptors (Lipinski definition) is 2. The Bertz CT molecular complexity index is 272. The quantitative estimate of drug-likeness (QED) is 0.579. The summed E-state index contributed by atoms with van der Waals surface area (Å²) < 4.78 is 0. The molecule has 1 aromatic rings. The Labute approximate surface area is 62.9 Å². The average Bonchev–Trinajstić information content (AvgIpc) is 2.59. The zero-order valence-corrected chi connectivity index (χ0v) is 6.01. The fraction of sp³-hybridized carbons (Fsp3) is 0. The maximum atomic E-state index is 4.06. The highest BCUT2D eigenvalue weighted by Gasteiger charge is 2.05. The third-order valence-corrected chi connectivity index (χ3v) is 2.07. The van der Waals surface area contributed by atoms with E-state index in [0.717, 1.165) is 10.7 Å². The topological polar surface area (TPSA) is 26.5 Å². The molecule has 1 aliphatic heterocycles. The summed E-state index contributed by atoms with van der Waals surface area (Å²) in [4.78, 5) is 5.19. The molecule has 0 bridgehead atoms. The van der Waals surface area contributed by atoms with Crippen molar-refractivity contribution in [3.05, 3.63) is 34.8 Å². The van der Waals surface area contributed by atoms with Gasteiger partial charge in [-0.15, -0.1) is 11.3 Å². The third kappa shape index (κ3) is 0.844. The highest BCUT2D eigenvalue weighted by molar-refractivity contribution is 7.12. The minimum atomic E-state index is 0.829. The van der Waals surface area contributed by atoms with Crippen molar-refractivity contribution in [1.82, 2.24) is 5.32 Å². The number of amidine groups is 1. The molecule has 0 aliphatic carbocycles. The fourth-order valence-electron chi connectivity index (χ4n) is 0.774. The molecule has 0 amide bonds. The lowest BCUT2D eigenvalue weighted by Gasteiger charge is -1.90. The van der Waals surface area contributed by atoms with Gasteiger partial charge in [0.25, 0.3) is 0 Å². The molecular weight excluding hydrogens is 144 g/mol. The third-order valence-electron chi connectivity index (χ3n) is 1.20. The van der Waals surface area contributed by atoms with Crippen molar-refractivity contribution in [2.75, 3.05) is 0 Å². The average molecular weight is 149 g/mol. The van der Waals surface area contributed by atoms with Gasteiger partial charge in [0.1, 0.15) is 0 Å². The van der Waals surface area contributed by atoms with Gasteiger partial charge in [0.15, 0.2) is 5.84 Å². The highest BCUT2D eigenvalue weighted by Crippen LogP contribution is 2.11. The second-order valence-electron chi connectivity index (χ2n) is 1.86. The molecular formula is C7H5N2S. The van der Waals surface area contributed by atoms with Gasteiger partial charge < -0.3 is 0 Å². The lowest BCUT2D eigenvalue weighted by atomic mass is 10.4. The Morgan fingerprint density at radius 3 is 2.90 bits per heavy atom. The van der Waals surface area contributed by atoms with Crippen LogP contribution < -0.4 is 5.32 Å². The van der Waals surface area contributed by atoms with Gasteiger partial charge >= 0.3 is 0 Å². The van der Waals surface area contributed by atoms with Gasteiger partial charge in [0.2, 0.25) is 0 Å². The predicted octanol–water partition coefficient (Wildman–Crippen LogP) is 1.58. The maximum absolute atomic E-state index is 4.06. The number of aliphatic imine (C=N–C) groups is 1. The molecule has 0 spiro atoms. The fourth-order valence-corrected chi connectivity index (χ4v) is 1.45. The van der Waals surface area contributed by atoms with E-state index in [9.17, 15) is 0 Å². The number of nitrogens with zero attached hydrogens (tertiary/aromatic N) is 2. The van der Waals surface area contributed by atoms with Crippen molar-refractivity contribution >= 4 is 17.2 Å². The van der Waals surface area contributed by atoms with Crippen LogP contribution in [0.2, 0.25) is 0 Å². The van der Waals surface area contributed by atoms with Crippen molar-refractivity contribution in [3.8, 4) is 0 Å². The van der Waals surface area contributed by atoms with E-state index < -0.39 is 0 Å². The SMILES string of the molecule is C1=CN=C(c2cccs2)[N]1. The molecule has 2 nitrogen and oxygen atoms in total. The van der Waals surface area contributed by atoms with E-state index in [1.807, 2.05) is 17.5 Å². The van der Waals surface area contributed by atoms with Crippen molar-refractivity contribution in [2.45, 2.75) is 0 Å². The molecule has 1 aliphatic rings. The first-order valence-electron chi connectivity index (χ1n) is 2.94. The minimum Gasteiger partial charge on any atom is -0.234 e. The highest BCUT2D eigenvalue weighted by atomic mass is 32.1. The normalized spacial score (nSPS) is 15.0. The Morgan fingerprint density at radius 2 is 2.30 bits per heavy atom. The molecule has 2 heterocycles. The summed E-state index contributed by atoms with van der Waals surface area (Å²) in [6.45, 7) is 0. The Morgan fingerprint density at radius 1 is 1.30 bits per heavy atom. The minimum absolute atomic E-state index is 0.829. The monoisotopic (exact) mass is 149 g/mol. The van der Waals surface area contributed by atoms with E-state index in [1.54, 1.807) is 23.7 Å². The smallest absolute Gasteiger partial charge is 0.169 e. The van der Waals surface area contributed by atoms with Crippen LogP contribution in [-0.2, 0) is 0 Å². The van der Waals surface area contributed by atoms with Crippen LogP contribution in [0.15, 0.2) is 34.9 Å². The summed E-state index contributed by atoms with van der Waals surface area (Å²) in [5, 5.41) is 6.08. The largest absolute Gasteiger partial charge is 0.234 e. The zero-order valence-electron chi connectivity index (χ0n) is 5.19. The summed E-state index contributed by atoms with van der Waals surface area (Å²) in [6.07, 6.45) is 3.41. The summed E-state index contributed by atoms with van der Waals surface area (Å²) >= 11 is 1.66. The van der Waals surface area contributed by atoms with E-state index in [1.165, 1.54) is 0 Å². The zero-order chi connectivity index (χ0) is 6.81. The molecule has 49 valence electrons. The van der Waals surface area contributed by atoms with Crippen LogP contribution >= 0.6 is 11.3 Å². The van der Waals surface area contributed by atoms with Gasteiger partial charge in [0.05, 0.1) is 4.88 Å². The molecule has 0 atom stereocenters. The number of hydrogen-bond donors (Lipinski definition) is 0. The molecule has 10 heavy (non-hydrogen) atoms. The van der Waals surface area contributed by atoms with Crippen molar-refractivity contribution in [3.63, 3.8) is 0 Å². The second kappa shape index (κ2) is 2.27. The van der Waals surface area contributed by atoms with Gasteiger partial charge in [0, 0.05) is 12.4 Å². The van der Waals surface area contributed by atoms with Gasteiger partial charge in [-0.25, -0.2) is 10.3 Å². The molecule has 0 N–H and O–H groups in total. The Hall–Kier alpha value is -1.09. The molecule has 0 saturated heterocycles. The van der Waals surface area contributed by atoms with Crippen molar-refractivity contribution in [1.29, 1.82) is 0 Å². The molecule has 0 saturated carbocycles. The Balaban J connectivity index is 2.30. The summed E-state index contributed by atoms with van der Waals surface area (Å²) in [5.41, 5.74) is 0. The lowest BCUT2D eigenvalue weighted by Crippen LogP contribution is -2.04. The van der Waals surface area contributed by atoms with Crippen LogP contribution in [0.3, 0.4) is 0 Å². The molecule has 0 aromatic carbocycles. The van der Waals surface area contributed by atoms with Gasteiger partial charge in [-0.2, -0.15) is 0 Å². The van der Waals surface area contributed by atoms with Crippen LogP contribution in [0.4, 0.5) is 0 Å². The standard InChI is InChI=1S/C7H5N2S/c1-2-6(10-5-1)7-8-3-4-9-7/h1-5H. The van der Waals surface area contributed by atoms with Crippen LogP contribution in [0.5, 0.6) is 0 Å². The first-order chi connectivity index (χ1) is 4.97. The summed E-state index contributed by atoms with van der Waals surface area (Å²) in [7, 11) is 0. The maximum Gasteiger partial charge on any atom is 0.169 e. The van der Waals surface area contributed by atoms with E-state index in [0.29, 0.717) is 0 Å². The summed E-state index contributed by atoms with van der Waals surface area (Å²) in [6, 6.07) is 4.01. The van der Waals surface area contributed by atoms with E-state index in [-0.39, 0.29) is 0 Å². The molecule has 3 heteroatoms. The van der Waals surface area contributed by atoms with E-state index >= 15 is 0 Å². The van der Waals surface area contributed by atoms with Crippen LogP contribution in [-0.4, -0.2) is 5.84 Å². The molecule has 0 fully saturated rings. The van der Waals surface area contributed by atoms with Gasteiger partial charge in [-0.05, 0) is 11.4 Å². The molecule has 0 unspecified atom stereocenters. The summed E-state index contributed by atoms with van der Waals surface area (Å²) in [5.74, 6) is 0.829. The van der Waals surface area contributed by atoms with Gasteiger partial charge in [-0.1, -0.05) is 6.07 Å². The van der Waals surface area contributed by atoms with Crippen LogP contribution in [0.25, 0.3) is 0 Å². The molecule has 1 radical (unpaired) electrons. The molecule has 1 aromatic heterocycles. The lowest BCUT2D eigenvalue weighted by molar-refractivity contribution is 1.30. The second-order valence-corrected chi connectivity index (χ2v) is 2.80. The predicted molar refractivity (Wildman–Crippen MR) is 42.1 cm³/mol. The first kappa shape index (κ1) is 5.68. The number of thiophene rings is 1. The van der Waals surface area contributed by atoms with E-state index in [4.69, 9.17) is 0 Å². The van der Waals surface area contributed by atoms with Crippen molar-refractivity contribution < 1.29 is 0 Å². The first-order valence-corrected chi connectivity index (χ1v) is 3.82. The van der Waals surface area contributed by atoms with E-state index in [2.05, 4.69) is 10.3 Å².